The number of benzene rings is 2. The van der Waals surface area contributed by atoms with Crippen LogP contribution in [-0.4, -0.2) is 65.6 Å². The summed E-state index contributed by atoms with van der Waals surface area (Å²) in [5.41, 5.74) is 11.6. The number of unbranched alkanes of at least 4 members (excludes halogenated alkanes) is 1. The second kappa shape index (κ2) is 22.4. The number of pyridine rings is 1. The minimum atomic E-state index is -1.21. The Labute approximate surface area is 359 Å². The lowest BCUT2D eigenvalue weighted by molar-refractivity contribution is -0.131. The second-order valence-corrected chi connectivity index (χ2v) is 17.0. The van der Waals surface area contributed by atoms with E-state index in [0.717, 1.165) is 78.6 Å². The van der Waals surface area contributed by atoms with E-state index in [1.807, 2.05) is 84.3 Å². The van der Waals surface area contributed by atoms with Gasteiger partial charge in [-0.2, -0.15) is 0 Å². The van der Waals surface area contributed by atoms with Crippen LogP contribution in [0.15, 0.2) is 85.3 Å². The average molecular weight is 830 g/mol. The van der Waals surface area contributed by atoms with Crippen molar-refractivity contribution in [2.24, 2.45) is 17.6 Å². The van der Waals surface area contributed by atoms with Gasteiger partial charge in [0.15, 0.2) is 5.65 Å². The van der Waals surface area contributed by atoms with Crippen molar-refractivity contribution in [1.29, 1.82) is 0 Å². The fourth-order valence-electron chi connectivity index (χ4n) is 8.36. The van der Waals surface area contributed by atoms with Gasteiger partial charge in [-0.05, 0) is 60.3 Å². The maximum atomic E-state index is 14.9. The highest BCUT2D eigenvalue weighted by molar-refractivity contribution is 5.88. The first-order chi connectivity index (χ1) is 29.6. The van der Waals surface area contributed by atoms with E-state index >= 15 is 0 Å². The fraction of sp³-hybridized carbons (Fsp3) is 0.479. The zero-order chi connectivity index (χ0) is 43.1. The minimum Gasteiger partial charge on any atom is -0.390 e. The molecule has 0 saturated heterocycles. The largest absolute Gasteiger partial charge is 0.390 e. The van der Waals surface area contributed by atoms with Gasteiger partial charge in [0, 0.05) is 37.2 Å². The zero-order valence-electron chi connectivity index (χ0n) is 35.9. The molecule has 1 fully saturated rings. The lowest BCUT2D eigenvalue weighted by Gasteiger charge is -2.31. The Balaban J connectivity index is 1.26. The summed E-state index contributed by atoms with van der Waals surface area (Å²) in [4.78, 5) is 51.4. The highest BCUT2D eigenvalue weighted by Crippen LogP contribution is 2.30. The number of nitrogens with zero attached hydrogens (tertiary/aromatic N) is 5. The second-order valence-electron chi connectivity index (χ2n) is 17.0. The van der Waals surface area contributed by atoms with Crippen molar-refractivity contribution in [1.82, 2.24) is 40.5 Å². The van der Waals surface area contributed by atoms with Crippen molar-refractivity contribution in [2.45, 2.75) is 135 Å². The van der Waals surface area contributed by atoms with E-state index in [-0.39, 0.29) is 30.6 Å². The molecule has 0 radical (unpaired) electrons. The molecule has 0 bridgehead atoms. The molecule has 0 spiro atoms. The first-order valence-electron chi connectivity index (χ1n) is 22.1. The maximum absolute atomic E-state index is 14.9. The van der Waals surface area contributed by atoms with E-state index in [0.29, 0.717) is 49.7 Å². The van der Waals surface area contributed by atoms with Gasteiger partial charge in [0.2, 0.25) is 17.7 Å². The number of nitrogens with two attached hydrogens (primary N) is 1. The van der Waals surface area contributed by atoms with Crippen LogP contribution in [0.1, 0.15) is 119 Å². The predicted octanol–water partition coefficient (Wildman–Crippen LogP) is 6.37. The van der Waals surface area contributed by atoms with Crippen LogP contribution in [0.2, 0.25) is 0 Å². The molecular formula is C48H63N9O4. The Morgan fingerprint density at radius 1 is 0.902 bits per heavy atom. The van der Waals surface area contributed by atoms with Crippen LogP contribution in [0.5, 0.6) is 0 Å². The molecule has 13 heteroatoms. The molecule has 3 aromatic heterocycles. The molecule has 2 aromatic carbocycles. The molecule has 6 N–H and O–H groups in total. The lowest BCUT2D eigenvalue weighted by atomic mass is 9.83. The van der Waals surface area contributed by atoms with Crippen LogP contribution in [0, 0.1) is 11.8 Å². The number of fused-ring (bicyclic) bond motifs is 1. The molecule has 324 valence electrons. The van der Waals surface area contributed by atoms with Gasteiger partial charge >= 0.3 is 0 Å². The Morgan fingerprint density at radius 3 is 2.39 bits per heavy atom. The van der Waals surface area contributed by atoms with Gasteiger partial charge in [-0.15, -0.1) is 10.2 Å². The molecule has 3 amide bonds. The number of nitrogens with one attached hydrogen (secondary N) is 3. The number of aliphatic hydroxyl groups is 1. The fourth-order valence-corrected chi connectivity index (χ4v) is 8.36. The number of aromatic nitrogens is 5. The van der Waals surface area contributed by atoms with Crippen molar-refractivity contribution in [3.63, 3.8) is 0 Å². The lowest BCUT2D eigenvalue weighted by Crippen LogP contribution is -2.50. The molecule has 3 heterocycles. The first kappa shape index (κ1) is 45.0. The molecule has 1 aliphatic carbocycles. The summed E-state index contributed by atoms with van der Waals surface area (Å²) >= 11 is 0. The number of hydrogen-bond donors (Lipinski definition) is 5. The first-order valence-corrected chi connectivity index (χ1v) is 22.1. The van der Waals surface area contributed by atoms with Crippen molar-refractivity contribution in [3.05, 3.63) is 114 Å². The summed E-state index contributed by atoms with van der Waals surface area (Å²) in [6, 6.07) is 19.9. The third-order valence-electron chi connectivity index (χ3n) is 11.6. The van der Waals surface area contributed by atoms with E-state index in [9.17, 15) is 19.5 Å². The molecular weight excluding hydrogens is 767 g/mol. The molecule has 61 heavy (non-hydrogen) atoms. The summed E-state index contributed by atoms with van der Waals surface area (Å²) < 4.78 is 1.89. The van der Waals surface area contributed by atoms with E-state index in [1.54, 1.807) is 12.4 Å². The minimum absolute atomic E-state index is 0.278. The molecule has 1 saturated carbocycles. The topological polar surface area (TPSA) is 190 Å². The highest BCUT2D eigenvalue weighted by atomic mass is 16.3. The number of amides is 3. The SMILES string of the molecule is CCCC[C@H](NC(=O)C[C@H](O)[C@H](CC1CCCCC1)NC(=O)[C@H](Cc1cccnc1)c1nnc2c(CC(C)C)nc(-c3ccccc3)cn12)C(=O)NCc1cccc(CN)c1. The summed E-state index contributed by atoms with van der Waals surface area (Å²) in [6.45, 7) is 6.99. The normalized spacial score (nSPS) is 15.2. The summed E-state index contributed by atoms with van der Waals surface area (Å²) in [5, 5.41) is 30.3. The highest BCUT2D eigenvalue weighted by Gasteiger charge is 2.34. The summed E-state index contributed by atoms with van der Waals surface area (Å²) in [6.07, 6.45) is 12.6. The van der Waals surface area contributed by atoms with E-state index in [4.69, 9.17) is 10.7 Å². The Kier molecular flexibility index (Phi) is 16.5. The third-order valence-corrected chi connectivity index (χ3v) is 11.6. The number of carbonyl (C=O) groups excluding carboxylic acids is 3. The van der Waals surface area contributed by atoms with Gasteiger partial charge in [0.1, 0.15) is 17.8 Å². The Hall–Kier alpha value is -5.53. The molecule has 5 aromatic rings. The molecule has 0 aliphatic heterocycles. The molecule has 0 unspecified atom stereocenters. The number of hydrogen-bond acceptors (Lipinski definition) is 9. The molecule has 4 atom stereocenters. The monoisotopic (exact) mass is 830 g/mol. The summed E-state index contributed by atoms with van der Waals surface area (Å²) in [5.74, 6) is -0.869. The third kappa shape index (κ3) is 12.7. The number of aliphatic hydroxyl groups excluding tert-OH is 1. The van der Waals surface area contributed by atoms with Crippen LogP contribution >= 0.6 is 0 Å². The van der Waals surface area contributed by atoms with Crippen molar-refractivity contribution < 1.29 is 19.5 Å². The Morgan fingerprint density at radius 2 is 1.67 bits per heavy atom. The standard InChI is InChI=1S/C48H63N9O4/c1-4-5-21-39(48(61)51-30-35-17-12-16-34(24-35)28-49)53-44(59)27-43(58)40(26-33-14-8-6-9-15-33)54-47(60)38(25-36-18-13-22-50-29-36)45-55-56-46-41(23-32(2)3)52-42(31-57(45)46)37-19-10-7-11-20-37/h7,10-13,16-20,22,24,29,31-33,38-40,43,58H,4-6,8-9,14-15,21,23,25-28,30,49H2,1-3H3,(H,51,61)(H,53,59)(H,54,60)/t38-,39+,40+,43+/m1/s1. The van der Waals surface area contributed by atoms with Crippen molar-refractivity contribution >= 4 is 23.4 Å². The van der Waals surface area contributed by atoms with Gasteiger partial charge in [0.05, 0.1) is 30.0 Å². The van der Waals surface area contributed by atoms with Gasteiger partial charge in [0.25, 0.3) is 0 Å². The Bertz CT molecular complexity index is 2170. The quantitative estimate of drug-likeness (QED) is 0.0560. The van der Waals surface area contributed by atoms with Crippen molar-refractivity contribution in [3.8, 4) is 11.3 Å². The van der Waals surface area contributed by atoms with Crippen molar-refractivity contribution in [2.75, 3.05) is 0 Å². The van der Waals surface area contributed by atoms with Crippen LogP contribution < -0.4 is 21.7 Å². The molecule has 1 aliphatic rings. The van der Waals surface area contributed by atoms with E-state index in [2.05, 4.69) is 45.0 Å². The van der Waals surface area contributed by atoms with E-state index in [1.165, 1.54) is 0 Å². The molecule has 13 nitrogen and oxygen atoms in total. The smallest absolute Gasteiger partial charge is 0.242 e. The van der Waals surface area contributed by atoms with Gasteiger partial charge in [-0.25, -0.2) is 4.98 Å². The summed E-state index contributed by atoms with van der Waals surface area (Å²) in [7, 11) is 0. The van der Waals surface area contributed by atoms with Gasteiger partial charge in [-0.1, -0.05) is 126 Å². The van der Waals surface area contributed by atoms with Gasteiger partial charge < -0.3 is 26.8 Å². The average Bonchev–Trinajstić information content (AvgIpc) is 3.70. The number of carbonyl (C=O) groups is 3. The number of rotatable bonds is 21. The van der Waals surface area contributed by atoms with Crippen LogP contribution in [0.4, 0.5) is 0 Å². The van der Waals surface area contributed by atoms with Crippen LogP contribution in [0.3, 0.4) is 0 Å². The van der Waals surface area contributed by atoms with Crippen LogP contribution in [-0.2, 0) is 40.3 Å². The zero-order valence-corrected chi connectivity index (χ0v) is 35.9. The van der Waals surface area contributed by atoms with E-state index < -0.39 is 30.0 Å². The van der Waals surface area contributed by atoms with Crippen LogP contribution in [0.25, 0.3) is 16.9 Å². The maximum Gasteiger partial charge on any atom is 0.242 e. The predicted molar refractivity (Wildman–Crippen MR) is 237 cm³/mol. The van der Waals surface area contributed by atoms with Gasteiger partial charge in [-0.3, -0.25) is 23.8 Å². The molecule has 6 rings (SSSR count).